The highest BCUT2D eigenvalue weighted by Crippen LogP contribution is 2.29. The van der Waals surface area contributed by atoms with Gasteiger partial charge in [-0.25, -0.2) is 0 Å². The van der Waals surface area contributed by atoms with E-state index in [9.17, 15) is 4.79 Å². The van der Waals surface area contributed by atoms with E-state index in [1.807, 2.05) is 67.1 Å². The number of aryl methyl sites for hydroxylation is 1. The van der Waals surface area contributed by atoms with Gasteiger partial charge in [-0.15, -0.1) is 10.2 Å². The van der Waals surface area contributed by atoms with Crippen LogP contribution >= 0.6 is 23.4 Å². The summed E-state index contributed by atoms with van der Waals surface area (Å²) >= 11 is 7.64. The number of halogens is 1. The smallest absolute Gasteiger partial charge is 0.191 e. The number of carbonyl (C=O) groups excluding carboxylic acids is 1. The van der Waals surface area contributed by atoms with Crippen LogP contribution in [0.15, 0.2) is 53.7 Å². The summed E-state index contributed by atoms with van der Waals surface area (Å²) in [6.07, 6.45) is 0. The van der Waals surface area contributed by atoms with Crippen molar-refractivity contribution in [2.45, 2.75) is 12.1 Å². The quantitative estimate of drug-likeness (QED) is 0.385. The van der Waals surface area contributed by atoms with Crippen LogP contribution in [0.1, 0.15) is 16.1 Å². The van der Waals surface area contributed by atoms with Crippen LogP contribution in [0, 0.1) is 6.92 Å². The van der Waals surface area contributed by atoms with Gasteiger partial charge in [0.2, 0.25) is 0 Å². The number of nitrogens with one attached hydrogen (secondary N) is 1. The van der Waals surface area contributed by atoms with Crippen LogP contribution in [-0.2, 0) is 7.05 Å². The highest BCUT2D eigenvalue weighted by atomic mass is 35.5. The molecule has 0 amide bonds. The summed E-state index contributed by atoms with van der Waals surface area (Å²) in [4.78, 5) is 16.1. The van der Waals surface area contributed by atoms with Gasteiger partial charge < -0.3 is 9.55 Å². The van der Waals surface area contributed by atoms with Gasteiger partial charge >= 0.3 is 0 Å². The van der Waals surface area contributed by atoms with Gasteiger partial charge in [-0.2, -0.15) is 0 Å². The molecule has 0 radical (unpaired) electrons. The lowest BCUT2D eigenvalue weighted by Gasteiger charge is -2.05. The Morgan fingerprint density at radius 3 is 2.70 bits per heavy atom. The Kier molecular flexibility index (Phi) is 4.76. The molecule has 0 saturated carbocycles. The molecule has 27 heavy (non-hydrogen) atoms. The minimum atomic E-state index is 0.0669. The zero-order valence-corrected chi connectivity index (χ0v) is 16.4. The first-order chi connectivity index (χ1) is 13.1. The number of Topliss-reactive ketones (excluding diaryl/α,β-unsaturated/α-hetero) is 1. The fourth-order valence-corrected chi connectivity index (χ4v) is 4.16. The number of hydrogen-bond donors (Lipinski definition) is 1. The normalized spacial score (nSPS) is 11.2. The molecular formula is C20H17ClN4OS. The summed E-state index contributed by atoms with van der Waals surface area (Å²) < 4.78 is 1.86. The fourth-order valence-electron chi connectivity index (χ4n) is 3.16. The van der Waals surface area contributed by atoms with Gasteiger partial charge in [-0.05, 0) is 25.1 Å². The minimum Gasteiger partial charge on any atom is -0.358 e. The maximum atomic E-state index is 12.8. The number of benzene rings is 2. The summed E-state index contributed by atoms with van der Waals surface area (Å²) in [5, 5.41) is 10.7. The standard InChI is InChI=1S/C20H17ClN4OS/c1-12-18(14-8-4-6-10-16(14)22-12)17(26)11-27-20-24-23-19(25(20)2)13-7-3-5-9-15(13)21/h3-10,22H,11H2,1-2H3. The van der Waals surface area contributed by atoms with Gasteiger partial charge in [-0.1, -0.05) is 53.7 Å². The molecule has 1 N–H and O–H groups in total. The van der Waals surface area contributed by atoms with E-state index in [1.54, 1.807) is 0 Å². The molecule has 0 unspecified atom stereocenters. The van der Waals surface area contributed by atoms with Crippen molar-refractivity contribution < 1.29 is 4.79 Å². The number of thioether (sulfide) groups is 1. The predicted octanol–water partition coefficient (Wildman–Crippen LogP) is 4.90. The van der Waals surface area contributed by atoms with Crippen LogP contribution in [0.5, 0.6) is 0 Å². The van der Waals surface area contributed by atoms with Crippen molar-refractivity contribution in [2.75, 3.05) is 5.75 Å². The number of hydrogen-bond acceptors (Lipinski definition) is 4. The molecule has 0 bridgehead atoms. The molecule has 0 atom stereocenters. The molecule has 7 heteroatoms. The van der Waals surface area contributed by atoms with Crippen molar-refractivity contribution in [1.29, 1.82) is 0 Å². The Morgan fingerprint density at radius 1 is 1.15 bits per heavy atom. The van der Waals surface area contributed by atoms with E-state index in [0.717, 1.165) is 27.7 Å². The van der Waals surface area contributed by atoms with Crippen molar-refractivity contribution in [1.82, 2.24) is 19.7 Å². The van der Waals surface area contributed by atoms with Crippen molar-refractivity contribution in [3.63, 3.8) is 0 Å². The van der Waals surface area contributed by atoms with E-state index in [2.05, 4.69) is 15.2 Å². The Balaban J connectivity index is 1.57. The Morgan fingerprint density at radius 2 is 1.89 bits per heavy atom. The van der Waals surface area contributed by atoms with Crippen LogP contribution in [0.25, 0.3) is 22.3 Å². The first kappa shape index (κ1) is 17.8. The summed E-state index contributed by atoms with van der Waals surface area (Å²) in [7, 11) is 1.88. The molecular weight excluding hydrogens is 380 g/mol. The molecule has 0 spiro atoms. The third-order valence-corrected chi connectivity index (χ3v) is 5.80. The van der Waals surface area contributed by atoms with E-state index in [-0.39, 0.29) is 11.5 Å². The monoisotopic (exact) mass is 396 g/mol. The van der Waals surface area contributed by atoms with Crippen LogP contribution in [0.3, 0.4) is 0 Å². The number of aromatic nitrogens is 4. The Labute approximate surface area is 165 Å². The lowest BCUT2D eigenvalue weighted by molar-refractivity contribution is 0.102. The first-order valence-electron chi connectivity index (χ1n) is 8.44. The number of aromatic amines is 1. The second-order valence-corrected chi connectivity index (χ2v) is 7.58. The zero-order chi connectivity index (χ0) is 19.0. The maximum Gasteiger partial charge on any atom is 0.191 e. The molecule has 0 saturated heterocycles. The average Bonchev–Trinajstić information content (AvgIpc) is 3.19. The van der Waals surface area contributed by atoms with Gasteiger partial charge in [0.15, 0.2) is 16.8 Å². The maximum absolute atomic E-state index is 12.8. The molecule has 0 aliphatic carbocycles. The molecule has 5 nitrogen and oxygen atoms in total. The van der Waals surface area contributed by atoms with E-state index >= 15 is 0 Å². The molecule has 2 heterocycles. The number of rotatable bonds is 5. The first-order valence-corrected chi connectivity index (χ1v) is 9.80. The van der Waals surface area contributed by atoms with E-state index < -0.39 is 0 Å². The lowest BCUT2D eigenvalue weighted by Crippen LogP contribution is -2.05. The molecule has 4 rings (SSSR count). The number of nitrogens with zero attached hydrogens (tertiary/aromatic N) is 3. The number of H-pyrrole nitrogens is 1. The van der Waals surface area contributed by atoms with Gasteiger partial charge in [0.05, 0.1) is 10.8 Å². The highest BCUT2D eigenvalue weighted by Gasteiger charge is 2.18. The SMILES string of the molecule is Cc1[nH]c2ccccc2c1C(=O)CSc1nnc(-c2ccccc2Cl)n1C. The molecule has 0 aliphatic rings. The van der Waals surface area contributed by atoms with Crippen LogP contribution in [-0.4, -0.2) is 31.3 Å². The molecule has 2 aromatic carbocycles. The molecule has 0 aliphatic heterocycles. The minimum absolute atomic E-state index is 0.0669. The van der Waals surface area contributed by atoms with Crippen molar-refractivity contribution in [3.8, 4) is 11.4 Å². The van der Waals surface area contributed by atoms with Crippen molar-refractivity contribution in [2.24, 2.45) is 7.05 Å². The van der Waals surface area contributed by atoms with Crippen LogP contribution < -0.4 is 0 Å². The molecule has 0 fully saturated rings. The summed E-state index contributed by atoms with van der Waals surface area (Å²) in [5.41, 5.74) is 3.42. The highest BCUT2D eigenvalue weighted by molar-refractivity contribution is 7.99. The second kappa shape index (κ2) is 7.21. The zero-order valence-electron chi connectivity index (χ0n) is 14.9. The van der Waals surface area contributed by atoms with Crippen LogP contribution in [0.2, 0.25) is 5.02 Å². The Bertz CT molecular complexity index is 1150. The summed E-state index contributed by atoms with van der Waals surface area (Å²) in [6, 6.07) is 15.4. The topological polar surface area (TPSA) is 63.6 Å². The average molecular weight is 397 g/mol. The van der Waals surface area contributed by atoms with Crippen molar-refractivity contribution >= 4 is 40.0 Å². The number of para-hydroxylation sites is 1. The molecule has 2 aromatic heterocycles. The van der Waals surface area contributed by atoms with Gasteiger partial charge in [0.25, 0.3) is 0 Å². The van der Waals surface area contributed by atoms with Gasteiger partial charge in [0, 0.05) is 34.8 Å². The summed E-state index contributed by atoms with van der Waals surface area (Å²) in [5.74, 6) is 1.04. The van der Waals surface area contributed by atoms with E-state index in [0.29, 0.717) is 16.0 Å². The third kappa shape index (κ3) is 3.26. The number of carbonyl (C=O) groups is 1. The van der Waals surface area contributed by atoms with Gasteiger partial charge in [-0.3, -0.25) is 4.79 Å². The second-order valence-electron chi connectivity index (χ2n) is 6.23. The molecule has 4 aromatic rings. The van der Waals surface area contributed by atoms with Crippen LogP contribution in [0.4, 0.5) is 0 Å². The predicted molar refractivity (Wildman–Crippen MR) is 110 cm³/mol. The lowest BCUT2D eigenvalue weighted by atomic mass is 10.1. The van der Waals surface area contributed by atoms with Crippen molar-refractivity contribution in [3.05, 3.63) is 64.8 Å². The van der Waals surface area contributed by atoms with Gasteiger partial charge in [0.1, 0.15) is 0 Å². The fraction of sp³-hybridized carbons (Fsp3) is 0.150. The molecule has 136 valence electrons. The number of ketones is 1. The summed E-state index contributed by atoms with van der Waals surface area (Å²) in [6.45, 7) is 1.93. The number of fused-ring (bicyclic) bond motifs is 1. The van der Waals surface area contributed by atoms with E-state index in [1.165, 1.54) is 11.8 Å². The largest absolute Gasteiger partial charge is 0.358 e. The Hall–Kier alpha value is -2.57. The van der Waals surface area contributed by atoms with E-state index in [4.69, 9.17) is 11.6 Å². The third-order valence-electron chi connectivity index (χ3n) is 4.45.